The van der Waals surface area contributed by atoms with Crippen LogP contribution in [0.5, 0.6) is 0 Å². The molecule has 0 fully saturated rings. The van der Waals surface area contributed by atoms with Crippen molar-refractivity contribution in [3.8, 4) is 73.2 Å². The quantitative estimate of drug-likeness (QED) is 0.170. The van der Waals surface area contributed by atoms with Gasteiger partial charge in [-0.3, -0.25) is 0 Å². The second-order valence-electron chi connectivity index (χ2n) is 15.7. The zero-order valence-corrected chi connectivity index (χ0v) is 32.3. The van der Waals surface area contributed by atoms with Crippen LogP contribution in [0.4, 0.5) is 0 Å². The summed E-state index contributed by atoms with van der Waals surface area (Å²) in [6.45, 7) is 4.71. The lowest BCUT2D eigenvalue weighted by atomic mass is 9.81. The SMILES string of the molecule is CC1(C)c2ccccc2-c2cccc(-n3c4ccccc4c4ccc(-c5nc(-c6ccccc6)nc(-c6ccc(-c7cccc(-c8ccccc8)c7)cc6)n5)cc43)c21. The molecule has 2 heterocycles. The summed E-state index contributed by atoms with van der Waals surface area (Å²) in [6.07, 6.45) is 0. The zero-order chi connectivity index (χ0) is 38.8. The van der Waals surface area contributed by atoms with Gasteiger partial charge in [0, 0.05) is 32.9 Å². The van der Waals surface area contributed by atoms with Gasteiger partial charge in [0.05, 0.1) is 16.7 Å². The number of hydrogen-bond donors (Lipinski definition) is 0. The van der Waals surface area contributed by atoms with Crippen LogP contribution in [0.3, 0.4) is 0 Å². The van der Waals surface area contributed by atoms with E-state index in [0.29, 0.717) is 17.5 Å². The molecule has 0 radical (unpaired) electrons. The van der Waals surface area contributed by atoms with Gasteiger partial charge in [0.15, 0.2) is 17.5 Å². The van der Waals surface area contributed by atoms with E-state index in [0.717, 1.165) is 33.3 Å². The fourth-order valence-electron chi connectivity index (χ4n) is 9.05. The lowest BCUT2D eigenvalue weighted by Crippen LogP contribution is -2.18. The third kappa shape index (κ3) is 5.48. The Morgan fingerprint density at radius 3 is 1.60 bits per heavy atom. The molecule has 0 amide bonds. The summed E-state index contributed by atoms with van der Waals surface area (Å²) in [5.74, 6) is 1.91. The van der Waals surface area contributed by atoms with Crippen molar-refractivity contribution in [2.45, 2.75) is 19.3 Å². The van der Waals surface area contributed by atoms with Crippen LogP contribution in [-0.4, -0.2) is 19.5 Å². The van der Waals surface area contributed by atoms with Crippen molar-refractivity contribution in [2.24, 2.45) is 0 Å². The Labute approximate surface area is 337 Å². The minimum Gasteiger partial charge on any atom is -0.309 e. The average molecular weight is 743 g/mol. The van der Waals surface area contributed by atoms with Crippen molar-refractivity contribution in [2.75, 3.05) is 0 Å². The van der Waals surface area contributed by atoms with Crippen LogP contribution in [0.15, 0.2) is 194 Å². The Morgan fingerprint density at radius 2 is 0.862 bits per heavy atom. The molecular formula is C54H38N4. The van der Waals surface area contributed by atoms with Gasteiger partial charge in [0.25, 0.3) is 0 Å². The predicted octanol–water partition coefficient (Wildman–Crippen LogP) is 13.6. The lowest BCUT2D eigenvalue weighted by molar-refractivity contribution is 0.656. The molecule has 8 aromatic carbocycles. The molecule has 0 spiro atoms. The van der Waals surface area contributed by atoms with E-state index in [4.69, 9.17) is 15.0 Å². The van der Waals surface area contributed by atoms with Crippen LogP contribution in [0.1, 0.15) is 25.0 Å². The highest BCUT2D eigenvalue weighted by atomic mass is 15.0. The molecule has 4 heteroatoms. The first-order valence-electron chi connectivity index (χ1n) is 19.9. The highest BCUT2D eigenvalue weighted by Gasteiger charge is 2.38. The maximum atomic E-state index is 5.20. The second kappa shape index (κ2) is 13.4. The van der Waals surface area contributed by atoms with E-state index in [2.05, 4.69) is 194 Å². The molecule has 0 N–H and O–H groups in total. The van der Waals surface area contributed by atoms with Crippen molar-refractivity contribution in [3.63, 3.8) is 0 Å². The number of para-hydroxylation sites is 1. The van der Waals surface area contributed by atoms with Gasteiger partial charge in [0.1, 0.15) is 0 Å². The van der Waals surface area contributed by atoms with Crippen molar-refractivity contribution >= 4 is 21.8 Å². The summed E-state index contributed by atoms with van der Waals surface area (Å²) in [4.78, 5) is 15.4. The van der Waals surface area contributed by atoms with E-state index in [1.165, 1.54) is 55.4 Å². The van der Waals surface area contributed by atoms with Gasteiger partial charge in [-0.25, -0.2) is 15.0 Å². The Bertz CT molecular complexity index is 3180. The number of aromatic nitrogens is 4. The maximum absolute atomic E-state index is 5.20. The number of nitrogens with zero attached hydrogens (tertiary/aromatic N) is 4. The lowest BCUT2D eigenvalue weighted by Gasteiger charge is -2.25. The topological polar surface area (TPSA) is 43.6 Å². The van der Waals surface area contributed by atoms with E-state index in [-0.39, 0.29) is 5.41 Å². The van der Waals surface area contributed by atoms with Crippen LogP contribution in [0.2, 0.25) is 0 Å². The molecule has 58 heavy (non-hydrogen) atoms. The molecule has 0 saturated carbocycles. The first-order valence-corrected chi connectivity index (χ1v) is 19.9. The van der Waals surface area contributed by atoms with Gasteiger partial charge in [0.2, 0.25) is 0 Å². The number of rotatable bonds is 6. The van der Waals surface area contributed by atoms with E-state index in [9.17, 15) is 0 Å². The highest BCUT2D eigenvalue weighted by molar-refractivity contribution is 6.10. The molecule has 10 aromatic rings. The van der Waals surface area contributed by atoms with Crippen molar-refractivity contribution in [3.05, 3.63) is 205 Å². The monoisotopic (exact) mass is 742 g/mol. The molecule has 0 unspecified atom stereocenters. The molecule has 4 nitrogen and oxygen atoms in total. The zero-order valence-electron chi connectivity index (χ0n) is 32.3. The van der Waals surface area contributed by atoms with Crippen LogP contribution < -0.4 is 0 Å². The molecule has 2 aromatic heterocycles. The molecule has 1 aliphatic carbocycles. The summed E-state index contributed by atoms with van der Waals surface area (Å²) in [5.41, 5.74) is 16.1. The van der Waals surface area contributed by atoms with Crippen LogP contribution in [-0.2, 0) is 5.41 Å². The first kappa shape index (κ1) is 33.9. The van der Waals surface area contributed by atoms with Crippen molar-refractivity contribution < 1.29 is 0 Å². The van der Waals surface area contributed by atoms with Crippen molar-refractivity contribution in [1.29, 1.82) is 0 Å². The minimum atomic E-state index is -0.175. The normalized spacial score (nSPS) is 12.8. The molecule has 11 rings (SSSR count). The molecule has 0 aliphatic heterocycles. The number of fused-ring (bicyclic) bond motifs is 6. The Hall–Kier alpha value is -7.43. The average Bonchev–Trinajstić information content (AvgIpc) is 3.75. The van der Waals surface area contributed by atoms with E-state index in [1.54, 1.807) is 0 Å². The molecule has 0 bridgehead atoms. The Morgan fingerprint density at radius 1 is 0.362 bits per heavy atom. The summed E-state index contributed by atoms with van der Waals surface area (Å²) >= 11 is 0. The molecule has 1 aliphatic rings. The fraction of sp³-hybridized carbons (Fsp3) is 0.0556. The molecule has 274 valence electrons. The van der Waals surface area contributed by atoms with E-state index >= 15 is 0 Å². The van der Waals surface area contributed by atoms with Crippen LogP contribution in [0, 0.1) is 0 Å². The van der Waals surface area contributed by atoms with Gasteiger partial charge in [-0.1, -0.05) is 184 Å². The van der Waals surface area contributed by atoms with E-state index < -0.39 is 0 Å². The molecular weight excluding hydrogens is 705 g/mol. The third-order valence-corrected chi connectivity index (χ3v) is 11.8. The summed E-state index contributed by atoms with van der Waals surface area (Å²) in [5, 5.41) is 2.40. The van der Waals surface area contributed by atoms with Crippen LogP contribution in [0.25, 0.3) is 95.0 Å². The standard InChI is InChI=1S/C54H38N4/c1-54(2)46-24-11-9-21-42(46)45-23-14-26-48(50(45)54)58-47-25-12-10-22-43(47)44-32-31-41(34-49(44)58)53-56-51(37-17-7-4-8-18-37)55-52(57-53)38-29-27-36(28-30-38)40-20-13-19-39(33-40)35-15-5-3-6-16-35/h3-34H,1-2H3. The fourth-order valence-corrected chi connectivity index (χ4v) is 9.05. The molecule has 0 atom stereocenters. The Kier molecular flexibility index (Phi) is 7.80. The van der Waals surface area contributed by atoms with E-state index in [1.807, 2.05) is 18.2 Å². The number of benzene rings is 8. The van der Waals surface area contributed by atoms with Gasteiger partial charge >= 0.3 is 0 Å². The third-order valence-electron chi connectivity index (χ3n) is 11.8. The predicted molar refractivity (Wildman–Crippen MR) is 239 cm³/mol. The summed E-state index contributed by atoms with van der Waals surface area (Å²) in [6, 6.07) is 68.9. The second-order valence-corrected chi connectivity index (χ2v) is 15.7. The number of hydrogen-bond acceptors (Lipinski definition) is 3. The largest absolute Gasteiger partial charge is 0.309 e. The van der Waals surface area contributed by atoms with Gasteiger partial charge < -0.3 is 4.57 Å². The summed E-state index contributed by atoms with van der Waals surface area (Å²) < 4.78 is 2.45. The smallest absolute Gasteiger partial charge is 0.164 e. The van der Waals surface area contributed by atoms with Crippen LogP contribution >= 0.6 is 0 Å². The van der Waals surface area contributed by atoms with Gasteiger partial charge in [-0.05, 0) is 68.8 Å². The van der Waals surface area contributed by atoms with Gasteiger partial charge in [-0.2, -0.15) is 0 Å². The highest BCUT2D eigenvalue weighted by Crippen LogP contribution is 2.51. The summed E-state index contributed by atoms with van der Waals surface area (Å²) in [7, 11) is 0. The Balaban J connectivity index is 1.06. The minimum absolute atomic E-state index is 0.175. The van der Waals surface area contributed by atoms with Crippen molar-refractivity contribution in [1.82, 2.24) is 19.5 Å². The van der Waals surface area contributed by atoms with Gasteiger partial charge in [-0.15, -0.1) is 0 Å². The first-order chi connectivity index (χ1) is 28.5. The molecule has 0 saturated heterocycles. The maximum Gasteiger partial charge on any atom is 0.164 e.